The molecule has 0 aliphatic heterocycles. The standard InChI is InChI=1S/C20H25N5O2/c1-4-16-15(17(5-2)27-25-16)11-23-20(21-3)24-13-19-22-12-18(26-19)14-9-7-6-8-10-14/h6-10,12H,4-5,11,13H2,1-3H3,(H2,21,23,24). The van der Waals surface area contributed by atoms with Crippen molar-refractivity contribution in [3.8, 4) is 11.3 Å². The molecule has 0 unspecified atom stereocenters. The van der Waals surface area contributed by atoms with Crippen molar-refractivity contribution in [1.29, 1.82) is 0 Å². The zero-order valence-corrected chi connectivity index (χ0v) is 16.0. The van der Waals surface area contributed by atoms with Gasteiger partial charge in [-0.2, -0.15) is 0 Å². The second-order valence-electron chi connectivity index (χ2n) is 6.00. The lowest BCUT2D eigenvalue weighted by Gasteiger charge is -2.11. The third kappa shape index (κ3) is 4.55. The normalized spacial score (nSPS) is 11.6. The number of guanidine groups is 1. The second kappa shape index (κ2) is 9.02. The Kier molecular flexibility index (Phi) is 6.25. The third-order valence-electron chi connectivity index (χ3n) is 4.28. The van der Waals surface area contributed by atoms with Crippen LogP contribution in [0, 0.1) is 0 Å². The van der Waals surface area contributed by atoms with Crippen LogP contribution < -0.4 is 10.6 Å². The Hall–Kier alpha value is -3.09. The first-order valence-corrected chi connectivity index (χ1v) is 9.16. The maximum atomic E-state index is 5.81. The summed E-state index contributed by atoms with van der Waals surface area (Å²) in [6, 6.07) is 9.91. The average molecular weight is 367 g/mol. The van der Waals surface area contributed by atoms with Crippen molar-refractivity contribution in [3.63, 3.8) is 0 Å². The first-order valence-electron chi connectivity index (χ1n) is 9.16. The van der Waals surface area contributed by atoms with Crippen molar-refractivity contribution in [2.75, 3.05) is 7.05 Å². The SMILES string of the molecule is CCc1noc(CC)c1CNC(=NC)NCc1ncc(-c2ccccc2)o1. The van der Waals surface area contributed by atoms with E-state index in [0.717, 1.165) is 41.2 Å². The van der Waals surface area contributed by atoms with Gasteiger partial charge in [-0.1, -0.05) is 49.3 Å². The van der Waals surface area contributed by atoms with E-state index in [1.165, 1.54) is 0 Å². The number of rotatable bonds is 7. The maximum absolute atomic E-state index is 5.81. The summed E-state index contributed by atoms with van der Waals surface area (Å²) in [7, 11) is 1.73. The fourth-order valence-electron chi connectivity index (χ4n) is 2.82. The van der Waals surface area contributed by atoms with Crippen molar-refractivity contribution in [3.05, 3.63) is 59.4 Å². The van der Waals surface area contributed by atoms with Gasteiger partial charge in [0.15, 0.2) is 11.7 Å². The number of oxazole rings is 1. The number of hydrogen-bond acceptors (Lipinski definition) is 5. The summed E-state index contributed by atoms with van der Waals surface area (Å²) < 4.78 is 11.2. The van der Waals surface area contributed by atoms with Gasteiger partial charge in [0.05, 0.1) is 18.4 Å². The summed E-state index contributed by atoms with van der Waals surface area (Å²) in [5.41, 5.74) is 3.09. The minimum atomic E-state index is 0.442. The van der Waals surface area contributed by atoms with E-state index in [9.17, 15) is 0 Å². The van der Waals surface area contributed by atoms with Gasteiger partial charge in [-0.25, -0.2) is 4.98 Å². The van der Waals surface area contributed by atoms with Crippen LogP contribution in [0.5, 0.6) is 0 Å². The molecule has 0 bridgehead atoms. The Morgan fingerprint density at radius 2 is 1.85 bits per heavy atom. The molecule has 2 N–H and O–H groups in total. The van der Waals surface area contributed by atoms with Gasteiger partial charge >= 0.3 is 0 Å². The molecule has 2 aromatic heterocycles. The van der Waals surface area contributed by atoms with Crippen molar-refractivity contribution in [2.45, 2.75) is 39.8 Å². The van der Waals surface area contributed by atoms with Gasteiger partial charge in [0.25, 0.3) is 0 Å². The van der Waals surface area contributed by atoms with E-state index in [-0.39, 0.29) is 0 Å². The maximum Gasteiger partial charge on any atom is 0.214 e. The molecule has 0 spiro atoms. The van der Waals surface area contributed by atoms with E-state index < -0.39 is 0 Å². The smallest absolute Gasteiger partial charge is 0.214 e. The van der Waals surface area contributed by atoms with Crippen LogP contribution in [0.1, 0.15) is 36.8 Å². The van der Waals surface area contributed by atoms with E-state index in [4.69, 9.17) is 8.94 Å². The molecule has 1 aromatic carbocycles. The molecule has 0 atom stereocenters. The van der Waals surface area contributed by atoms with Gasteiger partial charge in [0.1, 0.15) is 5.76 Å². The highest BCUT2D eigenvalue weighted by Gasteiger charge is 2.14. The molecule has 0 radical (unpaired) electrons. The number of aliphatic imine (C=N–C) groups is 1. The Labute approximate surface area is 158 Å². The number of hydrogen-bond donors (Lipinski definition) is 2. The zero-order valence-electron chi connectivity index (χ0n) is 16.0. The van der Waals surface area contributed by atoms with E-state index in [1.54, 1.807) is 13.2 Å². The Balaban J connectivity index is 1.57. The molecule has 3 rings (SSSR count). The quantitative estimate of drug-likeness (QED) is 0.492. The van der Waals surface area contributed by atoms with E-state index >= 15 is 0 Å². The van der Waals surface area contributed by atoms with E-state index in [0.29, 0.717) is 24.9 Å². The van der Waals surface area contributed by atoms with Gasteiger partial charge in [-0.05, 0) is 6.42 Å². The van der Waals surface area contributed by atoms with Crippen LogP contribution in [-0.2, 0) is 25.9 Å². The van der Waals surface area contributed by atoms with Crippen molar-refractivity contribution >= 4 is 5.96 Å². The summed E-state index contributed by atoms with van der Waals surface area (Å²) in [4.78, 5) is 8.58. The molecule has 0 saturated carbocycles. The predicted octanol–water partition coefficient (Wildman–Crippen LogP) is 3.32. The summed E-state index contributed by atoms with van der Waals surface area (Å²) >= 11 is 0. The highest BCUT2D eigenvalue weighted by molar-refractivity contribution is 5.79. The molecular formula is C20H25N5O2. The first kappa shape index (κ1) is 18.7. The molecule has 0 aliphatic rings. The van der Waals surface area contributed by atoms with Gasteiger partial charge in [-0.15, -0.1) is 0 Å². The third-order valence-corrected chi connectivity index (χ3v) is 4.28. The van der Waals surface area contributed by atoms with Gasteiger partial charge in [0, 0.05) is 31.1 Å². The number of nitrogens with zero attached hydrogens (tertiary/aromatic N) is 3. The second-order valence-corrected chi connectivity index (χ2v) is 6.00. The summed E-state index contributed by atoms with van der Waals surface area (Å²) in [6.45, 7) is 5.18. The van der Waals surface area contributed by atoms with Crippen LogP contribution in [0.25, 0.3) is 11.3 Å². The topological polar surface area (TPSA) is 88.5 Å². The average Bonchev–Trinajstić information content (AvgIpc) is 3.35. The molecule has 0 saturated heterocycles. The molecular weight excluding hydrogens is 342 g/mol. The van der Waals surface area contributed by atoms with Crippen molar-refractivity contribution in [2.24, 2.45) is 4.99 Å². The van der Waals surface area contributed by atoms with Gasteiger partial charge < -0.3 is 19.6 Å². The first-order chi connectivity index (χ1) is 13.2. The van der Waals surface area contributed by atoms with E-state index in [2.05, 4.69) is 39.6 Å². The van der Waals surface area contributed by atoms with Crippen molar-refractivity contribution < 1.29 is 8.94 Å². The molecule has 0 aliphatic carbocycles. The number of aryl methyl sites for hydroxylation is 2. The monoisotopic (exact) mass is 367 g/mol. The fraction of sp³-hybridized carbons (Fsp3) is 0.350. The number of aromatic nitrogens is 2. The number of benzene rings is 1. The highest BCUT2D eigenvalue weighted by atomic mass is 16.5. The van der Waals surface area contributed by atoms with Crippen LogP contribution in [-0.4, -0.2) is 23.1 Å². The van der Waals surface area contributed by atoms with Crippen LogP contribution in [0.3, 0.4) is 0 Å². The molecule has 7 nitrogen and oxygen atoms in total. The lowest BCUT2D eigenvalue weighted by molar-refractivity contribution is 0.380. The molecule has 0 amide bonds. The Bertz CT molecular complexity index is 861. The van der Waals surface area contributed by atoms with Gasteiger partial charge in [0.2, 0.25) is 5.89 Å². The Morgan fingerprint density at radius 1 is 1.07 bits per heavy atom. The fourth-order valence-corrected chi connectivity index (χ4v) is 2.82. The lowest BCUT2D eigenvalue weighted by Crippen LogP contribution is -2.36. The van der Waals surface area contributed by atoms with Crippen LogP contribution in [0.15, 0.2) is 50.5 Å². The highest BCUT2D eigenvalue weighted by Crippen LogP contribution is 2.19. The molecule has 142 valence electrons. The molecule has 7 heteroatoms. The van der Waals surface area contributed by atoms with Gasteiger partial charge in [-0.3, -0.25) is 4.99 Å². The summed E-state index contributed by atoms with van der Waals surface area (Å²) in [5, 5.41) is 10.7. The molecule has 27 heavy (non-hydrogen) atoms. The minimum Gasteiger partial charge on any atom is -0.439 e. The minimum absolute atomic E-state index is 0.442. The Morgan fingerprint density at radius 3 is 2.56 bits per heavy atom. The van der Waals surface area contributed by atoms with E-state index in [1.807, 2.05) is 30.3 Å². The van der Waals surface area contributed by atoms with Crippen molar-refractivity contribution in [1.82, 2.24) is 20.8 Å². The summed E-state index contributed by atoms with van der Waals surface area (Å²) in [6.07, 6.45) is 3.39. The predicted molar refractivity (Wildman–Crippen MR) is 104 cm³/mol. The number of nitrogens with one attached hydrogen (secondary N) is 2. The van der Waals surface area contributed by atoms with Crippen LogP contribution in [0.2, 0.25) is 0 Å². The molecule has 3 aromatic rings. The van der Waals surface area contributed by atoms with Crippen LogP contribution in [0.4, 0.5) is 0 Å². The molecule has 0 fully saturated rings. The largest absolute Gasteiger partial charge is 0.439 e. The molecule has 2 heterocycles. The lowest BCUT2D eigenvalue weighted by atomic mass is 10.1. The van der Waals surface area contributed by atoms with Crippen LogP contribution >= 0.6 is 0 Å². The zero-order chi connectivity index (χ0) is 19.1. The summed E-state index contributed by atoms with van der Waals surface area (Å²) in [5.74, 6) is 2.93.